The number of ether oxygens (including phenoxy) is 2. The molecule has 1 atom stereocenters. The zero-order valence-corrected chi connectivity index (χ0v) is 18.6. The SMILES string of the molecule is COc1cc(NC(=O)C(CC(C)C)NC(=O)OC(C)(C)C)c(C=O)cc1-c1cnco1. The topological polar surface area (TPSA) is 120 Å². The van der Waals surface area contributed by atoms with Crippen LogP contribution in [0.3, 0.4) is 0 Å². The number of amides is 2. The molecular formula is C22H29N3O6. The molecule has 0 aliphatic carbocycles. The van der Waals surface area contributed by atoms with Crippen molar-refractivity contribution in [1.29, 1.82) is 0 Å². The molecule has 0 radical (unpaired) electrons. The van der Waals surface area contributed by atoms with Crippen LogP contribution >= 0.6 is 0 Å². The smallest absolute Gasteiger partial charge is 0.408 e. The van der Waals surface area contributed by atoms with E-state index < -0.39 is 23.6 Å². The Labute approximate surface area is 181 Å². The Kier molecular flexibility index (Phi) is 7.79. The normalized spacial score (nSPS) is 12.2. The van der Waals surface area contributed by atoms with E-state index in [4.69, 9.17) is 13.9 Å². The summed E-state index contributed by atoms with van der Waals surface area (Å²) in [7, 11) is 1.47. The number of alkyl carbamates (subject to hydrolysis) is 1. The monoisotopic (exact) mass is 431 g/mol. The van der Waals surface area contributed by atoms with E-state index in [1.807, 2.05) is 13.8 Å². The van der Waals surface area contributed by atoms with E-state index in [9.17, 15) is 14.4 Å². The van der Waals surface area contributed by atoms with Crippen LogP contribution in [-0.4, -0.2) is 42.0 Å². The lowest BCUT2D eigenvalue weighted by atomic mass is 10.0. The van der Waals surface area contributed by atoms with E-state index >= 15 is 0 Å². The number of benzene rings is 1. The quantitative estimate of drug-likeness (QED) is 0.605. The highest BCUT2D eigenvalue weighted by Crippen LogP contribution is 2.34. The van der Waals surface area contributed by atoms with Crippen molar-refractivity contribution in [2.75, 3.05) is 12.4 Å². The van der Waals surface area contributed by atoms with Crippen molar-refractivity contribution in [2.45, 2.75) is 52.7 Å². The van der Waals surface area contributed by atoms with E-state index in [1.165, 1.54) is 25.8 Å². The number of anilines is 1. The molecule has 2 N–H and O–H groups in total. The lowest BCUT2D eigenvalue weighted by Crippen LogP contribution is -2.46. The molecule has 0 fully saturated rings. The average molecular weight is 431 g/mol. The van der Waals surface area contributed by atoms with Gasteiger partial charge in [-0.15, -0.1) is 0 Å². The maximum atomic E-state index is 13.0. The standard InChI is InChI=1S/C22H29N3O6/c1-13(2)7-17(25-21(28)31-22(3,4)5)20(27)24-16-9-18(29-6)15(8-14(16)11-26)19-10-23-12-30-19/h8-13,17H,7H2,1-6H3,(H,24,27)(H,25,28). The largest absolute Gasteiger partial charge is 0.496 e. The van der Waals surface area contributed by atoms with Crippen molar-refractivity contribution in [3.05, 3.63) is 30.3 Å². The Morgan fingerprint density at radius 2 is 1.97 bits per heavy atom. The predicted octanol–water partition coefficient (Wildman–Crippen LogP) is 4.04. The summed E-state index contributed by atoms with van der Waals surface area (Å²) in [6.07, 6.45) is 3.07. The van der Waals surface area contributed by atoms with Crippen molar-refractivity contribution in [3.63, 3.8) is 0 Å². The molecule has 0 saturated heterocycles. The number of nitrogens with one attached hydrogen (secondary N) is 2. The summed E-state index contributed by atoms with van der Waals surface area (Å²) in [5, 5.41) is 5.32. The number of carbonyl (C=O) groups excluding carboxylic acids is 3. The van der Waals surface area contributed by atoms with Gasteiger partial charge < -0.3 is 24.5 Å². The molecule has 1 aromatic heterocycles. The molecule has 1 heterocycles. The minimum absolute atomic E-state index is 0.125. The summed E-state index contributed by atoms with van der Waals surface area (Å²) in [4.78, 5) is 40.7. The van der Waals surface area contributed by atoms with Crippen LogP contribution in [-0.2, 0) is 9.53 Å². The van der Waals surface area contributed by atoms with Crippen LogP contribution in [0.25, 0.3) is 11.3 Å². The van der Waals surface area contributed by atoms with Gasteiger partial charge in [-0.25, -0.2) is 9.78 Å². The zero-order valence-electron chi connectivity index (χ0n) is 18.6. The van der Waals surface area contributed by atoms with Gasteiger partial charge in [0.25, 0.3) is 0 Å². The molecule has 168 valence electrons. The van der Waals surface area contributed by atoms with Crippen LogP contribution in [0.4, 0.5) is 10.5 Å². The molecule has 2 amide bonds. The molecule has 0 saturated carbocycles. The van der Waals surface area contributed by atoms with Gasteiger partial charge in [-0.05, 0) is 39.2 Å². The molecule has 9 heteroatoms. The molecule has 1 aromatic carbocycles. The lowest BCUT2D eigenvalue weighted by Gasteiger charge is -2.24. The van der Waals surface area contributed by atoms with Gasteiger partial charge in [0.2, 0.25) is 5.91 Å². The van der Waals surface area contributed by atoms with Gasteiger partial charge in [-0.3, -0.25) is 9.59 Å². The van der Waals surface area contributed by atoms with Crippen LogP contribution in [0, 0.1) is 5.92 Å². The second-order valence-corrected chi connectivity index (χ2v) is 8.44. The van der Waals surface area contributed by atoms with Gasteiger partial charge in [-0.2, -0.15) is 0 Å². The molecule has 9 nitrogen and oxygen atoms in total. The molecule has 2 rings (SSSR count). The number of hydrogen-bond acceptors (Lipinski definition) is 7. The summed E-state index contributed by atoms with van der Waals surface area (Å²) in [5.74, 6) is 0.456. The first-order chi connectivity index (χ1) is 14.5. The number of methoxy groups -OCH3 is 1. The third-order valence-electron chi connectivity index (χ3n) is 4.17. The van der Waals surface area contributed by atoms with Crippen molar-refractivity contribution < 1.29 is 28.3 Å². The van der Waals surface area contributed by atoms with Crippen molar-refractivity contribution in [2.24, 2.45) is 5.92 Å². The molecule has 31 heavy (non-hydrogen) atoms. The summed E-state index contributed by atoms with van der Waals surface area (Å²) >= 11 is 0. The summed E-state index contributed by atoms with van der Waals surface area (Å²) in [6.45, 7) is 9.08. The van der Waals surface area contributed by atoms with E-state index in [2.05, 4.69) is 15.6 Å². The van der Waals surface area contributed by atoms with Gasteiger partial charge in [0.15, 0.2) is 18.4 Å². The van der Waals surface area contributed by atoms with Gasteiger partial charge in [-0.1, -0.05) is 13.8 Å². The molecule has 0 bridgehead atoms. The van der Waals surface area contributed by atoms with E-state index in [1.54, 1.807) is 26.8 Å². The Morgan fingerprint density at radius 3 is 2.48 bits per heavy atom. The fourth-order valence-electron chi connectivity index (χ4n) is 2.89. The average Bonchev–Trinajstić information content (AvgIpc) is 3.19. The highest BCUT2D eigenvalue weighted by atomic mass is 16.6. The first-order valence-electron chi connectivity index (χ1n) is 9.90. The lowest BCUT2D eigenvalue weighted by molar-refractivity contribution is -0.118. The Bertz CT molecular complexity index is 916. The summed E-state index contributed by atoms with van der Waals surface area (Å²) in [6, 6.07) is 2.22. The molecule has 0 aliphatic rings. The second-order valence-electron chi connectivity index (χ2n) is 8.44. The molecule has 0 aliphatic heterocycles. The van der Waals surface area contributed by atoms with Gasteiger partial charge in [0.05, 0.1) is 24.6 Å². The maximum Gasteiger partial charge on any atom is 0.408 e. The molecular weight excluding hydrogens is 402 g/mol. The van der Waals surface area contributed by atoms with Crippen LogP contribution in [0.1, 0.15) is 51.4 Å². The number of nitrogens with zero attached hydrogens (tertiary/aromatic N) is 1. The van der Waals surface area contributed by atoms with Gasteiger partial charge in [0, 0.05) is 11.6 Å². The number of aldehydes is 1. The van der Waals surface area contributed by atoms with Crippen molar-refractivity contribution in [3.8, 4) is 17.1 Å². The first kappa shape index (κ1) is 23.9. The highest BCUT2D eigenvalue weighted by molar-refractivity contribution is 6.01. The minimum Gasteiger partial charge on any atom is -0.496 e. The minimum atomic E-state index is -0.853. The molecule has 0 spiro atoms. The van der Waals surface area contributed by atoms with Gasteiger partial charge in [0.1, 0.15) is 17.4 Å². The third kappa shape index (κ3) is 6.84. The number of oxazole rings is 1. The van der Waals surface area contributed by atoms with Crippen LogP contribution in [0.15, 0.2) is 29.1 Å². The van der Waals surface area contributed by atoms with Crippen molar-refractivity contribution >= 4 is 24.0 Å². The summed E-state index contributed by atoms with van der Waals surface area (Å²) in [5.41, 5.74) is 0.295. The Morgan fingerprint density at radius 1 is 1.26 bits per heavy atom. The van der Waals surface area contributed by atoms with Crippen LogP contribution in [0.2, 0.25) is 0 Å². The fraction of sp³-hybridized carbons (Fsp3) is 0.455. The predicted molar refractivity (Wildman–Crippen MR) is 115 cm³/mol. The van der Waals surface area contributed by atoms with Crippen LogP contribution < -0.4 is 15.4 Å². The van der Waals surface area contributed by atoms with Gasteiger partial charge >= 0.3 is 6.09 Å². The molecule has 1 unspecified atom stereocenters. The Balaban J connectivity index is 2.29. The van der Waals surface area contributed by atoms with Crippen molar-refractivity contribution in [1.82, 2.24) is 10.3 Å². The van der Waals surface area contributed by atoms with E-state index in [0.29, 0.717) is 29.8 Å². The Hall–Kier alpha value is -3.36. The van der Waals surface area contributed by atoms with E-state index in [-0.39, 0.29) is 17.2 Å². The third-order valence-corrected chi connectivity index (χ3v) is 4.17. The molecule has 2 aromatic rings. The number of rotatable bonds is 8. The number of aromatic nitrogens is 1. The second kappa shape index (κ2) is 10.1. The van der Waals surface area contributed by atoms with Crippen LogP contribution in [0.5, 0.6) is 5.75 Å². The maximum absolute atomic E-state index is 13.0. The first-order valence-corrected chi connectivity index (χ1v) is 9.90. The summed E-state index contributed by atoms with van der Waals surface area (Å²) < 4.78 is 15.9. The highest BCUT2D eigenvalue weighted by Gasteiger charge is 2.26. The number of carbonyl (C=O) groups is 3. The van der Waals surface area contributed by atoms with E-state index in [0.717, 1.165) is 0 Å². The zero-order chi connectivity index (χ0) is 23.2. The number of hydrogen-bond donors (Lipinski definition) is 2. The fourth-order valence-corrected chi connectivity index (χ4v) is 2.89.